The number of aliphatic hydroxyl groups is 1. The molecule has 1 aromatic carbocycles. The van der Waals surface area contributed by atoms with Gasteiger partial charge in [0.1, 0.15) is 0 Å². The van der Waals surface area contributed by atoms with Crippen molar-refractivity contribution < 1.29 is 5.11 Å². The van der Waals surface area contributed by atoms with E-state index in [2.05, 4.69) is 47.4 Å². The standard InChI is InChI=1S/C18H25N3O/c1-14-3-5-17(6-4-14)18-11-19-21(12-18)13-20-9-7-16(8-10-20)15(2)22/h3-6,11-12,15-16,22H,7-10,13H2,1-2H3. The van der Waals surface area contributed by atoms with Crippen molar-refractivity contribution in [1.29, 1.82) is 0 Å². The number of aromatic nitrogens is 2. The van der Waals surface area contributed by atoms with Crippen LogP contribution in [0.25, 0.3) is 11.1 Å². The number of hydrogen-bond donors (Lipinski definition) is 1. The predicted octanol–water partition coefficient (Wildman–Crippen LogP) is 2.91. The minimum absolute atomic E-state index is 0.181. The zero-order valence-electron chi connectivity index (χ0n) is 13.4. The van der Waals surface area contributed by atoms with Crippen molar-refractivity contribution in [3.05, 3.63) is 42.2 Å². The van der Waals surface area contributed by atoms with E-state index in [-0.39, 0.29) is 6.10 Å². The maximum Gasteiger partial charge on any atom is 0.0928 e. The number of likely N-dealkylation sites (tertiary alicyclic amines) is 1. The normalized spacial score (nSPS) is 18.5. The van der Waals surface area contributed by atoms with Gasteiger partial charge in [0.2, 0.25) is 0 Å². The molecule has 1 aliphatic rings. The largest absolute Gasteiger partial charge is 0.393 e. The zero-order valence-corrected chi connectivity index (χ0v) is 13.4. The monoisotopic (exact) mass is 299 g/mol. The summed E-state index contributed by atoms with van der Waals surface area (Å²) in [6, 6.07) is 8.55. The number of hydrogen-bond acceptors (Lipinski definition) is 3. The lowest BCUT2D eigenvalue weighted by atomic mass is 9.92. The average Bonchev–Trinajstić information content (AvgIpc) is 2.97. The Morgan fingerprint density at radius 1 is 1.18 bits per heavy atom. The molecule has 22 heavy (non-hydrogen) atoms. The number of aryl methyl sites for hydroxylation is 1. The number of aliphatic hydroxyl groups excluding tert-OH is 1. The molecule has 118 valence electrons. The molecular weight excluding hydrogens is 274 g/mol. The highest BCUT2D eigenvalue weighted by molar-refractivity contribution is 5.61. The first kappa shape index (κ1) is 15.3. The molecule has 3 rings (SSSR count). The van der Waals surface area contributed by atoms with Crippen molar-refractivity contribution in [2.45, 2.75) is 39.5 Å². The summed E-state index contributed by atoms with van der Waals surface area (Å²) < 4.78 is 2.01. The first-order valence-corrected chi connectivity index (χ1v) is 8.12. The molecule has 1 unspecified atom stereocenters. The molecule has 1 aliphatic heterocycles. The summed E-state index contributed by atoms with van der Waals surface area (Å²) in [6.07, 6.45) is 6.02. The predicted molar refractivity (Wildman–Crippen MR) is 88.4 cm³/mol. The van der Waals surface area contributed by atoms with Crippen LogP contribution in [0.5, 0.6) is 0 Å². The summed E-state index contributed by atoms with van der Waals surface area (Å²) in [6.45, 7) is 6.91. The first-order valence-electron chi connectivity index (χ1n) is 8.12. The van der Waals surface area contributed by atoms with E-state index in [1.807, 2.05) is 17.8 Å². The third kappa shape index (κ3) is 3.57. The molecule has 1 saturated heterocycles. The van der Waals surface area contributed by atoms with Crippen molar-refractivity contribution in [1.82, 2.24) is 14.7 Å². The van der Waals surface area contributed by atoms with E-state index in [0.717, 1.165) is 32.6 Å². The molecule has 0 saturated carbocycles. The summed E-state index contributed by atoms with van der Waals surface area (Å²) in [5.41, 5.74) is 3.65. The van der Waals surface area contributed by atoms with Gasteiger partial charge in [-0.15, -0.1) is 0 Å². The Balaban J connectivity index is 1.59. The van der Waals surface area contributed by atoms with E-state index in [4.69, 9.17) is 0 Å². The Morgan fingerprint density at radius 3 is 2.50 bits per heavy atom. The van der Waals surface area contributed by atoms with Gasteiger partial charge in [-0.05, 0) is 38.2 Å². The Hall–Kier alpha value is -1.65. The van der Waals surface area contributed by atoms with Crippen LogP contribution in [0.1, 0.15) is 25.3 Å². The van der Waals surface area contributed by atoms with Crippen LogP contribution < -0.4 is 0 Å². The molecule has 4 nitrogen and oxygen atoms in total. The van der Waals surface area contributed by atoms with Crippen LogP contribution in [0, 0.1) is 12.8 Å². The van der Waals surface area contributed by atoms with Crippen LogP contribution >= 0.6 is 0 Å². The lowest BCUT2D eigenvalue weighted by molar-refractivity contribution is 0.0595. The molecule has 0 amide bonds. The van der Waals surface area contributed by atoms with Crippen LogP contribution in [0.2, 0.25) is 0 Å². The summed E-state index contributed by atoms with van der Waals surface area (Å²) >= 11 is 0. The molecule has 2 heterocycles. The van der Waals surface area contributed by atoms with Gasteiger partial charge in [0.05, 0.1) is 19.0 Å². The van der Waals surface area contributed by atoms with Gasteiger partial charge in [-0.25, -0.2) is 0 Å². The lowest BCUT2D eigenvalue weighted by Crippen LogP contribution is -2.38. The molecule has 2 aromatic rings. The topological polar surface area (TPSA) is 41.3 Å². The van der Waals surface area contributed by atoms with E-state index in [1.54, 1.807) is 0 Å². The lowest BCUT2D eigenvalue weighted by Gasteiger charge is -2.32. The fraction of sp³-hybridized carbons (Fsp3) is 0.500. The Kier molecular flexibility index (Phi) is 4.60. The van der Waals surface area contributed by atoms with Crippen LogP contribution in [0.15, 0.2) is 36.7 Å². The van der Waals surface area contributed by atoms with Crippen molar-refractivity contribution in [3.63, 3.8) is 0 Å². The zero-order chi connectivity index (χ0) is 15.5. The molecule has 1 atom stereocenters. The molecule has 1 N–H and O–H groups in total. The summed E-state index contributed by atoms with van der Waals surface area (Å²) in [5.74, 6) is 0.456. The quantitative estimate of drug-likeness (QED) is 0.944. The van der Waals surface area contributed by atoms with Gasteiger partial charge >= 0.3 is 0 Å². The fourth-order valence-electron chi connectivity index (χ4n) is 3.12. The highest BCUT2D eigenvalue weighted by Crippen LogP contribution is 2.22. The average molecular weight is 299 g/mol. The van der Waals surface area contributed by atoms with Crippen LogP contribution in [0.3, 0.4) is 0 Å². The van der Waals surface area contributed by atoms with Crippen molar-refractivity contribution in [2.24, 2.45) is 5.92 Å². The molecule has 0 radical (unpaired) electrons. The number of rotatable bonds is 4. The van der Waals surface area contributed by atoms with E-state index in [9.17, 15) is 5.11 Å². The van der Waals surface area contributed by atoms with Crippen LogP contribution in [0.4, 0.5) is 0 Å². The molecule has 1 fully saturated rings. The minimum Gasteiger partial charge on any atom is -0.393 e. The smallest absolute Gasteiger partial charge is 0.0928 e. The fourth-order valence-corrected chi connectivity index (χ4v) is 3.12. The van der Waals surface area contributed by atoms with E-state index in [0.29, 0.717) is 5.92 Å². The summed E-state index contributed by atoms with van der Waals surface area (Å²) in [7, 11) is 0. The second-order valence-corrected chi connectivity index (χ2v) is 6.47. The molecule has 0 bridgehead atoms. The van der Waals surface area contributed by atoms with Crippen molar-refractivity contribution >= 4 is 0 Å². The number of benzene rings is 1. The number of nitrogens with zero attached hydrogens (tertiary/aromatic N) is 3. The van der Waals surface area contributed by atoms with Gasteiger partial charge in [-0.1, -0.05) is 29.8 Å². The Morgan fingerprint density at radius 2 is 1.86 bits per heavy atom. The van der Waals surface area contributed by atoms with E-state index >= 15 is 0 Å². The maximum atomic E-state index is 9.67. The van der Waals surface area contributed by atoms with Gasteiger partial charge in [-0.3, -0.25) is 9.58 Å². The van der Waals surface area contributed by atoms with Gasteiger partial charge in [-0.2, -0.15) is 5.10 Å². The molecule has 4 heteroatoms. The molecular formula is C18H25N3O. The van der Waals surface area contributed by atoms with Gasteiger partial charge < -0.3 is 5.11 Å². The maximum absolute atomic E-state index is 9.67. The molecule has 0 spiro atoms. The van der Waals surface area contributed by atoms with Crippen LogP contribution in [-0.2, 0) is 6.67 Å². The summed E-state index contributed by atoms with van der Waals surface area (Å²) in [5, 5.41) is 14.2. The Labute approximate surface area is 132 Å². The third-order valence-electron chi connectivity index (χ3n) is 4.68. The Bertz CT molecular complexity index is 595. The minimum atomic E-state index is -0.181. The van der Waals surface area contributed by atoms with Gasteiger partial charge in [0.15, 0.2) is 0 Å². The SMILES string of the molecule is Cc1ccc(-c2cnn(CN3CCC(C(C)O)CC3)c2)cc1. The van der Waals surface area contributed by atoms with Crippen molar-refractivity contribution in [3.8, 4) is 11.1 Å². The van der Waals surface area contributed by atoms with Gasteiger partial charge in [0.25, 0.3) is 0 Å². The summed E-state index contributed by atoms with van der Waals surface area (Å²) in [4.78, 5) is 2.41. The van der Waals surface area contributed by atoms with Gasteiger partial charge in [0, 0.05) is 24.8 Å². The first-order chi connectivity index (χ1) is 10.6. The number of piperidine rings is 1. The van der Waals surface area contributed by atoms with Crippen LogP contribution in [-0.4, -0.2) is 39.0 Å². The second-order valence-electron chi connectivity index (χ2n) is 6.47. The van der Waals surface area contributed by atoms with E-state index < -0.39 is 0 Å². The third-order valence-corrected chi connectivity index (χ3v) is 4.68. The molecule has 0 aliphatic carbocycles. The molecule has 1 aromatic heterocycles. The second kappa shape index (κ2) is 6.63. The van der Waals surface area contributed by atoms with E-state index in [1.165, 1.54) is 16.7 Å². The highest BCUT2D eigenvalue weighted by atomic mass is 16.3. The van der Waals surface area contributed by atoms with Crippen molar-refractivity contribution in [2.75, 3.05) is 13.1 Å². The highest BCUT2D eigenvalue weighted by Gasteiger charge is 2.22.